The van der Waals surface area contributed by atoms with E-state index in [1.165, 1.54) is 35.8 Å². The Kier molecular flexibility index (Phi) is 4.51. The summed E-state index contributed by atoms with van der Waals surface area (Å²) in [5.41, 5.74) is 1.30. The Morgan fingerprint density at radius 1 is 1.29 bits per heavy atom. The summed E-state index contributed by atoms with van der Waals surface area (Å²) in [7, 11) is 0. The average molecular weight is 283 g/mol. The smallest absolute Gasteiger partial charge is 0.0346 e. The van der Waals surface area contributed by atoms with Crippen LogP contribution in [-0.2, 0) is 6.54 Å². The first kappa shape index (κ1) is 14.5. The molecule has 1 aliphatic rings. The topological polar surface area (TPSA) is 28.2 Å². The van der Waals surface area contributed by atoms with Crippen LogP contribution in [0, 0.1) is 5.92 Å². The summed E-state index contributed by atoms with van der Waals surface area (Å²) >= 11 is 0. The second-order valence-electron chi connectivity index (χ2n) is 6.39. The van der Waals surface area contributed by atoms with Crippen LogP contribution in [0.2, 0.25) is 0 Å². The number of benzene rings is 1. The number of nitrogens with zero attached hydrogens (tertiary/aromatic N) is 2. The Balaban J connectivity index is 1.56. The van der Waals surface area contributed by atoms with Crippen LogP contribution >= 0.6 is 0 Å². The zero-order chi connectivity index (χ0) is 14.7. The Morgan fingerprint density at radius 2 is 2.14 bits per heavy atom. The van der Waals surface area contributed by atoms with E-state index in [1.807, 2.05) is 12.4 Å². The first-order valence-corrected chi connectivity index (χ1v) is 8.00. The van der Waals surface area contributed by atoms with Crippen molar-refractivity contribution in [3.8, 4) is 0 Å². The van der Waals surface area contributed by atoms with Gasteiger partial charge in [0.2, 0.25) is 0 Å². The molecule has 1 N–H and O–H groups in total. The molecular formula is C18H25N3. The van der Waals surface area contributed by atoms with E-state index in [-0.39, 0.29) is 0 Å². The fourth-order valence-electron chi connectivity index (χ4n) is 3.23. The van der Waals surface area contributed by atoms with Gasteiger partial charge in [-0.2, -0.15) is 0 Å². The Morgan fingerprint density at radius 3 is 2.95 bits per heavy atom. The maximum absolute atomic E-state index is 4.35. The summed E-state index contributed by atoms with van der Waals surface area (Å²) in [6.07, 6.45) is 5.25. The van der Waals surface area contributed by atoms with Gasteiger partial charge in [0.05, 0.1) is 0 Å². The molecule has 1 saturated heterocycles. The van der Waals surface area contributed by atoms with E-state index in [0.29, 0.717) is 6.04 Å². The van der Waals surface area contributed by atoms with Crippen LogP contribution in [0.15, 0.2) is 36.7 Å². The van der Waals surface area contributed by atoms with Gasteiger partial charge >= 0.3 is 0 Å². The van der Waals surface area contributed by atoms with Crippen LogP contribution in [0.5, 0.6) is 0 Å². The highest BCUT2D eigenvalue weighted by Crippen LogP contribution is 2.19. The molecule has 112 valence electrons. The maximum atomic E-state index is 4.35. The molecule has 1 fully saturated rings. The molecule has 0 saturated carbocycles. The van der Waals surface area contributed by atoms with Crippen molar-refractivity contribution in [1.82, 2.24) is 15.2 Å². The Bertz CT molecular complexity index is 589. The highest BCUT2D eigenvalue weighted by molar-refractivity contribution is 5.84. The molecule has 1 aromatic carbocycles. The second-order valence-corrected chi connectivity index (χ2v) is 6.39. The van der Waals surface area contributed by atoms with E-state index in [9.17, 15) is 0 Å². The summed E-state index contributed by atoms with van der Waals surface area (Å²) in [5, 5.41) is 6.17. The van der Waals surface area contributed by atoms with Gasteiger partial charge in [0.1, 0.15) is 0 Å². The average Bonchev–Trinajstić information content (AvgIpc) is 2.97. The molecule has 3 heteroatoms. The number of rotatable bonds is 5. The van der Waals surface area contributed by atoms with E-state index >= 15 is 0 Å². The monoisotopic (exact) mass is 283 g/mol. The number of fused-ring (bicyclic) bond motifs is 1. The molecule has 3 rings (SSSR count). The predicted molar refractivity (Wildman–Crippen MR) is 88.3 cm³/mol. The van der Waals surface area contributed by atoms with E-state index in [2.05, 4.69) is 53.3 Å². The van der Waals surface area contributed by atoms with E-state index < -0.39 is 0 Å². The lowest BCUT2D eigenvalue weighted by Crippen LogP contribution is -2.30. The zero-order valence-electron chi connectivity index (χ0n) is 13.0. The fraction of sp³-hybridized carbons (Fsp3) is 0.500. The first-order chi connectivity index (χ1) is 10.2. The van der Waals surface area contributed by atoms with Crippen molar-refractivity contribution in [2.24, 2.45) is 5.92 Å². The minimum Gasteiger partial charge on any atom is -0.312 e. The lowest BCUT2D eigenvalue weighted by Gasteiger charge is -2.20. The van der Waals surface area contributed by atoms with Crippen molar-refractivity contribution in [3.05, 3.63) is 42.2 Å². The van der Waals surface area contributed by atoms with E-state index in [1.54, 1.807) is 0 Å². The lowest BCUT2D eigenvalue weighted by molar-refractivity contribution is 0.264. The Labute approximate surface area is 127 Å². The molecule has 1 aliphatic heterocycles. The van der Waals surface area contributed by atoms with Gasteiger partial charge in [-0.25, -0.2) is 0 Å². The normalized spacial score (nSPS) is 19.7. The van der Waals surface area contributed by atoms with Gasteiger partial charge in [0.15, 0.2) is 0 Å². The van der Waals surface area contributed by atoms with Crippen molar-refractivity contribution in [2.75, 3.05) is 19.6 Å². The second kappa shape index (κ2) is 6.54. The van der Waals surface area contributed by atoms with Crippen molar-refractivity contribution in [3.63, 3.8) is 0 Å². The maximum Gasteiger partial charge on any atom is 0.0346 e. The summed E-state index contributed by atoms with van der Waals surface area (Å²) in [5.74, 6) is 0.787. The molecule has 2 aromatic rings. The van der Waals surface area contributed by atoms with E-state index in [4.69, 9.17) is 0 Å². The van der Waals surface area contributed by atoms with Crippen molar-refractivity contribution >= 4 is 10.8 Å². The quantitative estimate of drug-likeness (QED) is 0.914. The molecular weight excluding hydrogens is 258 g/mol. The van der Waals surface area contributed by atoms with Crippen molar-refractivity contribution in [2.45, 2.75) is 32.9 Å². The SMILES string of the molecule is CC(C)N1CCC(CNCc2cncc3ccccc23)C1. The van der Waals surface area contributed by atoms with Crippen LogP contribution in [0.25, 0.3) is 10.8 Å². The van der Waals surface area contributed by atoms with Gasteiger partial charge < -0.3 is 10.2 Å². The third kappa shape index (κ3) is 3.42. The highest BCUT2D eigenvalue weighted by Gasteiger charge is 2.23. The molecule has 0 bridgehead atoms. The minimum atomic E-state index is 0.678. The number of hydrogen-bond donors (Lipinski definition) is 1. The number of aromatic nitrogens is 1. The number of pyridine rings is 1. The molecule has 1 aromatic heterocycles. The molecule has 0 amide bonds. The molecule has 0 radical (unpaired) electrons. The number of likely N-dealkylation sites (tertiary alicyclic amines) is 1. The molecule has 3 nitrogen and oxygen atoms in total. The molecule has 1 unspecified atom stereocenters. The van der Waals surface area contributed by atoms with Crippen molar-refractivity contribution in [1.29, 1.82) is 0 Å². The van der Waals surface area contributed by atoms with Gasteiger partial charge in [0, 0.05) is 36.9 Å². The van der Waals surface area contributed by atoms with Crippen LogP contribution < -0.4 is 5.32 Å². The third-order valence-corrected chi connectivity index (χ3v) is 4.55. The number of hydrogen-bond acceptors (Lipinski definition) is 3. The van der Waals surface area contributed by atoms with Gasteiger partial charge in [-0.1, -0.05) is 24.3 Å². The van der Waals surface area contributed by atoms with Crippen LogP contribution in [-0.4, -0.2) is 35.6 Å². The summed E-state index contributed by atoms with van der Waals surface area (Å²) < 4.78 is 0. The van der Waals surface area contributed by atoms with Gasteiger partial charge in [-0.15, -0.1) is 0 Å². The van der Waals surface area contributed by atoms with Gasteiger partial charge in [-0.05, 0) is 50.2 Å². The first-order valence-electron chi connectivity index (χ1n) is 8.00. The van der Waals surface area contributed by atoms with Crippen LogP contribution in [0.1, 0.15) is 25.8 Å². The van der Waals surface area contributed by atoms with Crippen LogP contribution in [0.3, 0.4) is 0 Å². The largest absolute Gasteiger partial charge is 0.312 e. The molecule has 2 heterocycles. The van der Waals surface area contributed by atoms with Gasteiger partial charge in [0.25, 0.3) is 0 Å². The van der Waals surface area contributed by atoms with E-state index in [0.717, 1.165) is 19.0 Å². The fourth-order valence-corrected chi connectivity index (χ4v) is 3.23. The summed E-state index contributed by atoms with van der Waals surface area (Å²) in [6, 6.07) is 9.16. The van der Waals surface area contributed by atoms with Crippen LogP contribution in [0.4, 0.5) is 0 Å². The number of nitrogens with one attached hydrogen (secondary N) is 1. The third-order valence-electron chi connectivity index (χ3n) is 4.55. The highest BCUT2D eigenvalue weighted by atomic mass is 15.2. The standard InChI is InChI=1S/C18H25N3/c1-14(2)21-8-7-15(13-21)9-19-11-17-12-20-10-16-5-3-4-6-18(16)17/h3-6,10,12,14-15,19H,7-9,11,13H2,1-2H3. The molecule has 21 heavy (non-hydrogen) atoms. The Hall–Kier alpha value is -1.45. The molecule has 0 spiro atoms. The minimum absolute atomic E-state index is 0.678. The van der Waals surface area contributed by atoms with Crippen molar-refractivity contribution < 1.29 is 0 Å². The summed E-state index contributed by atoms with van der Waals surface area (Å²) in [4.78, 5) is 6.93. The predicted octanol–water partition coefficient (Wildman–Crippen LogP) is 3.05. The summed E-state index contributed by atoms with van der Waals surface area (Å²) in [6.45, 7) is 9.08. The molecule has 0 aliphatic carbocycles. The zero-order valence-corrected chi connectivity index (χ0v) is 13.0. The molecule has 1 atom stereocenters. The lowest BCUT2D eigenvalue weighted by atomic mass is 10.1. The van der Waals surface area contributed by atoms with Gasteiger partial charge in [-0.3, -0.25) is 4.98 Å².